The third kappa shape index (κ3) is 3.36. The molecule has 3 rings (SSSR count). The van der Waals surface area contributed by atoms with Crippen LogP contribution in [0.25, 0.3) is 0 Å². The molecule has 21 heavy (non-hydrogen) atoms. The summed E-state index contributed by atoms with van der Waals surface area (Å²) in [6.45, 7) is 5.40. The lowest BCUT2D eigenvalue weighted by Gasteiger charge is -2.41. The van der Waals surface area contributed by atoms with Gasteiger partial charge in [-0.3, -0.25) is 4.90 Å². The van der Waals surface area contributed by atoms with E-state index in [4.69, 9.17) is 10.5 Å². The van der Waals surface area contributed by atoms with Crippen molar-refractivity contribution in [2.24, 2.45) is 5.73 Å². The fourth-order valence-corrected chi connectivity index (χ4v) is 3.41. The summed E-state index contributed by atoms with van der Waals surface area (Å²) in [4.78, 5) is 4.76. The highest BCUT2D eigenvalue weighted by atomic mass is 19.1. The van der Waals surface area contributed by atoms with Crippen LogP contribution in [-0.2, 0) is 4.74 Å². The first kappa shape index (κ1) is 14.8. The number of anilines is 1. The van der Waals surface area contributed by atoms with Gasteiger partial charge in [0.15, 0.2) is 0 Å². The summed E-state index contributed by atoms with van der Waals surface area (Å²) in [5.74, 6) is -0.182. The molecule has 2 aliphatic rings. The summed E-state index contributed by atoms with van der Waals surface area (Å²) in [5.41, 5.74) is 7.06. The van der Waals surface area contributed by atoms with Gasteiger partial charge >= 0.3 is 0 Å². The summed E-state index contributed by atoms with van der Waals surface area (Å²) in [6.07, 6.45) is 2.57. The lowest BCUT2D eigenvalue weighted by Crippen LogP contribution is -2.56. The normalized spacial score (nSPS) is 25.2. The van der Waals surface area contributed by atoms with Crippen molar-refractivity contribution in [3.8, 4) is 0 Å². The van der Waals surface area contributed by atoms with Crippen LogP contribution in [0.4, 0.5) is 10.1 Å². The number of benzene rings is 1. The van der Waals surface area contributed by atoms with Crippen molar-refractivity contribution in [2.75, 3.05) is 44.2 Å². The van der Waals surface area contributed by atoms with E-state index in [1.165, 1.54) is 12.1 Å². The van der Waals surface area contributed by atoms with E-state index in [9.17, 15) is 4.39 Å². The molecule has 2 atom stereocenters. The summed E-state index contributed by atoms with van der Waals surface area (Å²) in [6, 6.07) is 7.09. The Balaban J connectivity index is 1.57. The van der Waals surface area contributed by atoms with Crippen LogP contribution in [-0.4, -0.2) is 56.4 Å². The fourth-order valence-electron chi connectivity index (χ4n) is 3.41. The molecular weight excluding hydrogens is 269 g/mol. The summed E-state index contributed by atoms with van der Waals surface area (Å²) in [5, 5.41) is 0. The van der Waals surface area contributed by atoms with Crippen LogP contribution in [0, 0.1) is 5.82 Å². The number of rotatable bonds is 4. The molecule has 2 N–H and O–H groups in total. The predicted octanol–water partition coefficient (Wildman–Crippen LogP) is 1.45. The standard InChI is InChI=1S/C16H24FN3O/c17-13-3-5-14(6-4-13)19-7-9-20(10-8-19)15(12-18)16-2-1-11-21-16/h3-6,15-16H,1-2,7-12,18H2. The Morgan fingerprint density at radius 1 is 1.19 bits per heavy atom. The largest absolute Gasteiger partial charge is 0.377 e. The molecule has 0 radical (unpaired) electrons. The van der Waals surface area contributed by atoms with E-state index in [2.05, 4.69) is 9.80 Å². The molecule has 1 aromatic carbocycles. The Morgan fingerprint density at radius 2 is 1.90 bits per heavy atom. The van der Waals surface area contributed by atoms with Gasteiger partial charge in [-0.05, 0) is 37.1 Å². The van der Waals surface area contributed by atoms with E-state index in [0.29, 0.717) is 18.7 Å². The zero-order valence-corrected chi connectivity index (χ0v) is 12.4. The molecule has 0 bridgehead atoms. The molecule has 0 saturated carbocycles. The molecule has 2 saturated heterocycles. The number of piperazine rings is 1. The second-order valence-corrected chi connectivity index (χ2v) is 5.85. The quantitative estimate of drug-likeness (QED) is 0.912. The van der Waals surface area contributed by atoms with Gasteiger partial charge in [-0.2, -0.15) is 0 Å². The Morgan fingerprint density at radius 3 is 2.48 bits per heavy atom. The van der Waals surface area contributed by atoms with Crippen LogP contribution in [0.5, 0.6) is 0 Å². The number of nitrogens with zero attached hydrogens (tertiary/aromatic N) is 2. The molecular formula is C16H24FN3O. The summed E-state index contributed by atoms with van der Waals surface area (Å²) < 4.78 is 18.8. The number of halogens is 1. The number of ether oxygens (including phenoxy) is 1. The smallest absolute Gasteiger partial charge is 0.123 e. The van der Waals surface area contributed by atoms with Gasteiger partial charge in [0, 0.05) is 51.1 Å². The van der Waals surface area contributed by atoms with Crippen LogP contribution >= 0.6 is 0 Å². The Bertz CT molecular complexity index is 439. The third-order valence-electron chi connectivity index (χ3n) is 4.61. The summed E-state index contributed by atoms with van der Waals surface area (Å²) >= 11 is 0. The first-order valence-electron chi connectivity index (χ1n) is 7.84. The minimum atomic E-state index is -0.182. The molecule has 0 spiro atoms. The van der Waals surface area contributed by atoms with E-state index < -0.39 is 0 Å². The van der Waals surface area contributed by atoms with E-state index in [0.717, 1.165) is 51.3 Å². The Hall–Kier alpha value is -1.17. The minimum absolute atomic E-state index is 0.182. The average molecular weight is 293 g/mol. The first-order chi connectivity index (χ1) is 10.3. The summed E-state index contributed by atoms with van der Waals surface area (Å²) in [7, 11) is 0. The predicted molar refractivity (Wildman–Crippen MR) is 82.0 cm³/mol. The van der Waals surface area contributed by atoms with Gasteiger partial charge in [0.2, 0.25) is 0 Å². The molecule has 0 aliphatic carbocycles. The molecule has 116 valence electrons. The van der Waals surface area contributed by atoms with Gasteiger partial charge in [-0.15, -0.1) is 0 Å². The molecule has 5 heteroatoms. The molecule has 4 nitrogen and oxygen atoms in total. The van der Waals surface area contributed by atoms with Crippen molar-refractivity contribution < 1.29 is 9.13 Å². The second kappa shape index (κ2) is 6.73. The lowest BCUT2D eigenvalue weighted by atomic mass is 10.1. The first-order valence-corrected chi connectivity index (χ1v) is 7.84. The molecule has 2 aliphatic heterocycles. The monoisotopic (exact) mass is 293 g/mol. The van der Waals surface area contributed by atoms with Gasteiger partial charge in [0.25, 0.3) is 0 Å². The van der Waals surface area contributed by atoms with Gasteiger partial charge in [0.1, 0.15) is 5.82 Å². The average Bonchev–Trinajstić information content (AvgIpc) is 3.04. The number of hydrogen-bond acceptors (Lipinski definition) is 4. The Labute approximate surface area is 125 Å². The van der Waals surface area contributed by atoms with E-state index in [1.807, 2.05) is 12.1 Å². The number of nitrogens with two attached hydrogens (primary N) is 1. The molecule has 2 heterocycles. The topological polar surface area (TPSA) is 41.7 Å². The third-order valence-corrected chi connectivity index (χ3v) is 4.61. The highest BCUT2D eigenvalue weighted by Gasteiger charge is 2.31. The zero-order valence-electron chi connectivity index (χ0n) is 12.4. The molecule has 0 aromatic heterocycles. The van der Waals surface area contributed by atoms with Crippen molar-refractivity contribution in [3.05, 3.63) is 30.1 Å². The van der Waals surface area contributed by atoms with Crippen molar-refractivity contribution in [2.45, 2.75) is 25.0 Å². The van der Waals surface area contributed by atoms with Crippen LogP contribution in [0.1, 0.15) is 12.8 Å². The van der Waals surface area contributed by atoms with Crippen molar-refractivity contribution in [3.63, 3.8) is 0 Å². The maximum atomic E-state index is 13.0. The Kier molecular flexibility index (Phi) is 4.73. The van der Waals surface area contributed by atoms with Crippen LogP contribution in [0.2, 0.25) is 0 Å². The molecule has 1 aromatic rings. The second-order valence-electron chi connectivity index (χ2n) is 5.85. The molecule has 2 unspecified atom stereocenters. The van der Waals surface area contributed by atoms with Gasteiger partial charge in [-0.1, -0.05) is 0 Å². The van der Waals surface area contributed by atoms with Crippen molar-refractivity contribution >= 4 is 5.69 Å². The SMILES string of the molecule is NCC(C1CCCO1)N1CCN(c2ccc(F)cc2)CC1. The molecule has 2 fully saturated rings. The van der Waals surface area contributed by atoms with Crippen molar-refractivity contribution in [1.29, 1.82) is 0 Å². The van der Waals surface area contributed by atoms with E-state index in [-0.39, 0.29) is 5.82 Å². The van der Waals surface area contributed by atoms with Crippen LogP contribution in [0.15, 0.2) is 24.3 Å². The van der Waals surface area contributed by atoms with Gasteiger partial charge in [0.05, 0.1) is 6.10 Å². The van der Waals surface area contributed by atoms with E-state index in [1.54, 1.807) is 0 Å². The highest BCUT2D eigenvalue weighted by Crippen LogP contribution is 2.22. The molecule has 0 amide bonds. The van der Waals surface area contributed by atoms with Gasteiger partial charge in [-0.25, -0.2) is 4.39 Å². The number of hydrogen-bond donors (Lipinski definition) is 1. The van der Waals surface area contributed by atoms with Gasteiger partial charge < -0.3 is 15.4 Å². The van der Waals surface area contributed by atoms with Crippen LogP contribution < -0.4 is 10.6 Å². The maximum absolute atomic E-state index is 13.0. The lowest BCUT2D eigenvalue weighted by molar-refractivity contribution is 0.0250. The van der Waals surface area contributed by atoms with E-state index >= 15 is 0 Å². The zero-order chi connectivity index (χ0) is 14.7. The highest BCUT2D eigenvalue weighted by molar-refractivity contribution is 5.46. The fraction of sp³-hybridized carbons (Fsp3) is 0.625. The minimum Gasteiger partial charge on any atom is -0.377 e. The van der Waals surface area contributed by atoms with Crippen LogP contribution in [0.3, 0.4) is 0 Å². The van der Waals surface area contributed by atoms with Crippen molar-refractivity contribution in [1.82, 2.24) is 4.90 Å². The maximum Gasteiger partial charge on any atom is 0.123 e.